The summed E-state index contributed by atoms with van der Waals surface area (Å²) >= 11 is 0. The van der Waals surface area contributed by atoms with E-state index in [2.05, 4.69) is 9.97 Å². The summed E-state index contributed by atoms with van der Waals surface area (Å²) in [5, 5.41) is 0. The molecule has 0 aliphatic carbocycles. The van der Waals surface area contributed by atoms with Gasteiger partial charge in [0.1, 0.15) is 22.3 Å². The largest absolute Gasteiger partial charge is 0.231 e. The van der Waals surface area contributed by atoms with Crippen molar-refractivity contribution in [3.05, 3.63) is 23.8 Å². The van der Waals surface area contributed by atoms with Gasteiger partial charge in [-0.05, 0) is 0 Å². The molecule has 1 aromatic rings. The fraction of sp³-hybridized carbons (Fsp3) is 0.200. The Hall–Kier alpha value is -1.11. The Morgan fingerprint density at radius 1 is 1.25 bits per heavy atom. The van der Waals surface area contributed by atoms with E-state index >= 15 is 0 Å². The number of thiol groups is 1. The number of hydrogen-bond acceptors (Lipinski definition) is 4. The van der Waals surface area contributed by atoms with Crippen molar-refractivity contribution in [2.45, 2.75) is 5.75 Å². The summed E-state index contributed by atoms with van der Waals surface area (Å²) in [4.78, 5) is 6.15. The smallest absolute Gasteiger partial charge is 0.219 e. The number of rotatable bonds is 2. The minimum Gasteiger partial charge on any atom is -0.231 e. The van der Waals surface area contributed by atoms with Crippen LogP contribution in [0.2, 0.25) is 0 Å². The Morgan fingerprint density at radius 2 is 1.75 bits per heavy atom. The second kappa shape index (κ2) is 3.53. The first-order valence-electron chi connectivity index (χ1n) is 2.88. The number of nitrogens with zero attached hydrogens (tertiary/aromatic N) is 2. The molecule has 0 unspecified atom stereocenters. The molecule has 0 saturated carbocycles. The van der Waals surface area contributed by atoms with Crippen LogP contribution in [-0.2, 0) is 16.5 Å². The minimum atomic E-state index is -2.76. The van der Waals surface area contributed by atoms with Crippen molar-refractivity contribution >= 4 is 10.7 Å². The van der Waals surface area contributed by atoms with E-state index in [1.807, 2.05) is 0 Å². The summed E-state index contributed by atoms with van der Waals surface area (Å²) in [6, 6.07) is 0.474. The van der Waals surface area contributed by atoms with Crippen molar-refractivity contribution in [1.82, 2.24) is 9.97 Å². The third-order valence-corrected chi connectivity index (χ3v) is 1.52. The summed E-state index contributed by atoms with van der Waals surface area (Å²) in [6.07, 6.45) is 0. The molecule has 0 fully saturated rings. The van der Waals surface area contributed by atoms with E-state index < -0.39 is 28.4 Å². The third kappa shape index (κ3) is 2.50. The van der Waals surface area contributed by atoms with Gasteiger partial charge >= 0.3 is 0 Å². The highest BCUT2D eigenvalue weighted by Gasteiger charge is 2.03. The van der Waals surface area contributed by atoms with Gasteiger partial charge in [0.15, 0.2) is 0 Å². The van der Waals surface area contributed by atoms with E-state index in [-0.39, 0.29) is 5.82 Å². The van der Waals surface area contributed by atoms with Crippen LogP contribution in [0.5, 0.6) is 0 Å². The molecule has 1 rings (SSSR count). The maximum Gasteiger partial charge on any atom is 0.219 e. The summed E-state index contributed by atoms with van der Waals surface area (Å²) < 4.78 is 44.8. The van der Waals surface area contributed by atoms with Gasteiger partial charge in [0, 0.05) is 6.07 Å². The summed E-state index contributed by atoms with van der Waals surface area (Å²) in [6.45, 7) is 0. The number of hydrogen-bond donors (Lipinski definition) is 1. The van der Waals surface area contributed by atoms with E-state index in [1.54, 1.807) is 0 Å². The predicted molar refractivity (Wildman–Crippen MR) is 36.0 cm³/mol. The van der Waals surface area contributed by atoms with Gasteiger partial charge in [0.2, 0.25) is 11.9 Å². The second-order valence-corrected chi connectivity index (χ2v) is 2.90. The fourth-order valence-electron chi connectivity index (χ4n) is 0.621. The molecule has 1 heterocycles. The Bertz CT molecular complexity index is 338. The lowest BCUT2D eigenvalue weighted by Crippen LogP contribution is -2.00. The van der Waals surface area contributed by atoms with Gasteiger partial charge < -0.3 is 0 Å². The molecule has 0 N–H and O–H groups in total. The van der Waals surface area contributed by atoms with Gasteiger partial charge in [-0.2, -0.15) is 8.78 Å². The van der Waals surface area contributed by atoms with Gasteiger partial charge in [-0.25, -0.2) is 18.4 Å². The Labute approximate surface area is 68.2 Å². The van der Waals surface area contributed by atoms with Crippen LogP contribution in [0.25, 0.3) is 0 Å². The molecule has 12 heavy (non-hydrogen) atoms. The molecule has 0 atom stereocenters. The van der Waals surface area contributed by atoms with Crippen LogP contribution in [0.4, 0.5) is 8.78 Å². The molecule has 0 spiro atoms. The van der Waals surface area contributed by atoms with Crippen LogP contribution in [0.3, 0.4) is 0 Å². The zero-order valence-electron chi connectivity index (χ0n) is 5.70. The first-order chi connectivity index (χ1) is 5.58. The van der Waals surface area contributed by atoms with Crippen LogP contribution in [0.15, 0.2) is 6.07 Å². The van der Waals surface area contributed by atoms with Crippen LogP contribution in [-0.4, -0.2) is 18.4 Å². The van der Waals surface area contributed by atoms with Crippen molar-refractivity contribution in [2.75, 3.05) is 0 Å². The molecule has 0 radical (unpaired) electrons. The van der Waals surface area contributed by atoms with E-state index in [1.165, 1.54) is 0 Å². The molecule has 1 aromatic heterocycles. The van der Waals surface area contributed by atoms with Crippen LogP contribution in [0.1, 0.15) is 5.82 Å². The first-order valence-corrected chi connectivity index (χ1v) is 4.25. The van der Waals surface area contributed by atoms with E-state index in [0.717, 1.165) is 0 Å². The van der Waals surface area contributed by atoms with Gasteiger partial charge in [-0.1, -0.05) is 0 Å². The lowest BCUT2D eigenvalue weighted by atomic mass is 10.6. The van der Waals surface area contributed by atoms with Crippen LogP contribution >= 0.6 is 0 Å². The Kier molecular flexibility index (Phi) is 2.64. The van der Waals surface area contributed by atoms with Gasteiger partial charge in [0.05, 0.1) is 0 Å². The van der Waals surface area contributed by atoms with Crippen LogP contribution in [0, 0.1) is 11.9 Å². The second-order valence-electron chi connectivity index (χ2n) is 1.92. The molecule has 66 valence electrons. The molecular formula is C5H4F2N2O2S. The minimum absolute atomic E-state index is 0.372. The van der Waals surface area contributed by atoms with E-state index in [9.17, 15) is 17.2 Å². The van der Waals surface area contributed by atoms with Crippen molar-refractivity contribution in [2.24, 2.45) is 0 Å². The quantitative estimate of drug-likeness (QED) is 0.526. The maximum atomic E-state index is 12.3. The highest BCUT2D eigenvalue weighted by molar-refractivity contribution is 7.71. The zero-order valence-corrected chi connectivity index (χ0v) is 6.59. The topological polar surface area (TPSA) is 59.9 Å². The van der Waals surface area contributed by atoms with E-state index in [0.29, 0.717) is 6.07 Å². The fourth-order valence-corrected chi connectivity index (χ4v) is 0.993. The normalized spacial score (nSPS) is 10.6. The van der Waals surface area contributed by atoms with Crippen LogP contribution < -0.4 is 0 Å². The Morgan fingerprint density at radius 3 is 2.17 bits per heavy atom. The maximum absolute atomic E-state index is 12.3. The highest BCUT2D eigenvalue weighted by Crippen LogP contribution is 1.98. The molecule has 0 amide bonds. The molecule has 0 aliphatic rings. The highest BCUT2D eigenvalue weighted by atomic mass is 32.2. The number of aromatic nitrogens is 2. The molecule has 0 saturated heterocycles. The van der Waals surface area contributed by atoms with E-state index in [4.69, 9.17) is 0 Å². The van der Waals surface area contributed by atoms with Gasteiger partial charge in [-0.3, -0.25) is 0 Å². The zero-order chi connectivity index (χ0) is 9.14. The lowest BCUT2D eigenvalue weighted by Gasteiger charge is -1.93. The average molecular weight is 194 g/mol. The lowest BCUT2D eigenvalue weighted by molar-refractivity contribution is 0.516. The van der Waals surface area contributed by atoms with Crippen molar-refractivity contribution in [3.63, 3.8) is 0 Å². The molecule has 0 bridgehead atoms. The summed E-state index contributed by atoms with van der Waals surface area (Å²) in [5.41, 5.74) is 0. The molecule has 0 aromatic carbocycles. The third-order valence-electron chi connectivity index (χ3n) is 0.980. The summed E-state index contributed by atoms with van der Waals surface area (Å²) in [5.74, 6) is -3.07. The van der Waals surface area contributed by atoms with Gasteiger partial charge in [0.25, 0.3) is 0 Å². The Balaban J connectivity index is 3.00. The summed E-state index contributed by atoms with van der Waals surface area (Å²) in [7, 11) is -2.76. The number of halogens is 2. The SMILES string of the molecule is O=[SH](=O)Cc1nc(F)cc(F)n1. The average Bonchev–Trinajstić information content (AvgIpc) is 1.81. The first kappa shape index (κ1) is 8.98. The van der Waals surface area contributed by atoms with Crippen molar-refractivity contribution in [3.8, 4) is 0 Å². The molecule has 0 aliphatic heterocycles. The predicted octanol–water partition coefficient (Wildman–Crippen LogP) is -0.134. The van der Waals surface area contributed by atoms with Crippen molar-refractivity contribution in [1.29, 1.82) is 0 Å². The monoisotopic (exact) mass is 194 g/mol. The van der Waals surface area contributed by atoms with Crippen molar-refractivity contribution < 1.29 is 17.2 Å². The molecule has 7 heteroatoms. The standard InChI is InChI=1S/C5H4F2N2O2S/c6-3-1-4(7)9-5(8-3)2-12(10)11/h1,12H,2H2. The van der Waals surface area contributed by atoms with Gasteiger partial charge in [-0.15, -0.1) is 0 Å². The molecule has 4 nitrogen and oxygen atoms in total. The molecular weight excluding hydrogens is 190 g/mol.